The molecule has 0 atom stereocenters. The van der Waals surface area contributed by atoms with Gasteiger partial charge in [-0.25, -0.2) is 13.4 Å². The number of sulfonamides is 1. The normalized spacial score (nSPS) is 13.2. The molecule has 0 aliphatic carbocycles. The van der Waals surface area contributed by atoms with Crippen LogP contribution in [0.5, 0.6) is 0 Å². The number of hydrogen-bond acceptors (Lipinski definition) is 4. The number of alkyl halides is 3. The highest BCUT2D eigenvalue weighted by Crippen LogP contribution is 2.22. The molecule has 0 aromatic carbocycles. The Balaban J connectivity index is 3.15. The molecule has 20 heavy (non-hydrogen) atoms. The van der Waals surface area contributed by atoms with Gasteiger partial charge in [-0.1, -0.05) is 0 Å². The van der Waals surface area contributed by atoms with Gasteiger partial charge in [0.05, 0.1) is 0 Å². The quantitative estimate of drug-likeness (QED) is 0.839. The predicted octanol–water partition coefficient (Wildman–Crippen LogP) is 0.723. The lowest BCUT2D eigenvalue weighted by atomic mass is 10.5. The molecule has 1 heterocycles. The molecule has 0 spiro atoms. The van der Waals surface area contributed by atoms with Gasteiger partial charge in [0.15, 0.2) is 5.03 Å². The standard InChI is InChI=1S/C10H17F3N4O2S/c1-3-16-6-9(15-8(16)2)20(18,19)17(5-4-14)7-10(11,12)13/h6H,3-5,7,14H2,1-2H3. The van der Waals surface area contributed by atoms with Crippen molar-refractivity contribution in [1.29, 1.82) is 0 Å². The molecule has 2 N–H and O–H groups in total. The fourth-order valence-electron chi connectivity index (χ4n) is 1.68. The van der Waals surface area contributed by atoms with Crippen molar-refractivity contribution in [3.8, 4) is 0 Å². The van der Waals surface area contributed by atoms with Gasteiger partial charge in [-0.15, -0.1) is 0 Å². The van der Waals surface area contributed by atoms with E-state index in [9.17, 15) is 21.6 Å². The van der Waals surface area contributed by atoms with E-state index >= 15 is 0 Å². The summed E-state index contributed by atoms with van der Waals surface area (Å²) in [4.78, 5) is 3.81. The first-order chi connectivity index (χ1) is 9.11. The molecule has 0 amide bonds. The van der Waals surface area contributed by atoms with Gasteiger partial charge in [0.2, 0.25) is 0 Å². The SMILES string of the molecule is CCn1cc(S(=O)(=O)N(CCN)CC(F)(F)F)nc1C. The summed E-state index contributed by atoms with van der Waals surface area (Å²) in [5.74, 6) is 0.422. The summed E-state index contributed by atoms with van der Waals surface area (Å²) in [6, 6.07) is 0. The molecular formula is C10H17F3N4O2S. The number of aryl methyl sites for hydroxylation is 2. The lowest BCUT2D eigenvalue weighted by molar-refractivity contribution is -0.136. The van der Waals surface area contributed by atoms with E-state index in [0.29, 0.717) is 16.7 Å². The van der Waals surface area contributed by atoms with Crippen LogP contribution in [0.4, 0.5) is 13.2 Å². The highest BCUT2D eigenvalue weighted by Gasteiger charge is 2.37. The van der Waals surface area contributed by atoms with E-state index in [0.717, 1.165) is 0 Å². The van der Waals surface area contributed by atoms with Gasteiger partial charge in [0, 0.05) is 25.8 Å². The zero-order valence-corrected chi connectivity index (χ0v) is 12.0. The molecule has 0 bridgehead atoms. The van der Waals surface area contributed by atoms with Crippen molar-refractivity contribution >= 4 is 10.0 Å². The van der Waals surface area contributed by atoms with E-state index in [4.69, 9.17) is 5.73 Å². The second kappa shape index (κ2) is 6.10. The van der Waals surface area contributed by atoms with Crippen LogP contribution in [-0.4, -0.2) is 48.1 Å². The van der Waals surface area contributed by atoms with Gasteiger partial charge in [0.1, 0.15) is 12.4 Å². The highest BCUT2D eigenvalue weighted by molar-refractivity contribution is 7.89. The summed E-state index contributed by atoms with van der Waals surface area (Å²) in [7, 11) is -4.31. The monoisotopic (exact) mass is 314 g/mol. The summed E-state index contributed by atoms with van der Waals surface area (Å²) >= 11 is 0. The maximum absolute atomic E-state index is 12.5. The van der Waals surface area contributed by atoms with Gasteiger partial charge < -0.3 is 10.3 Å². The largest absolute Gasteiger partial charge is 0.402 e. The Labute approximate surface area is 115 Å². The average molecular weight is 314 g/mol. The zero-order chi connectivity index (χ0) is 15.6. The minimum absolute atomic E-state index is 0.206. The topological polar surface area (TPSA) is 81.2 Å². The number of aromatic nitrogens is 2. The number of halogens is 3. The Kier molecular flexibility index (Phi) is 5.16. The van der Waals surface area contributed by atoms with Crippen LogP contribution < -0.4 is 5.73 Å². The number of hydrogen-bond donors (Lipinski definition) is 1. The van der Waals surface area contributed by atoms with Gasteiger partial charge in [-0.05, 0) is 13.8 Å². The number of nitrogens with zero attached hydrogens (tertiary/aromatic N) is 3. The maximum Gasteiger partial charge on any atom is 0.402 e. The van der Waals surface area contributed by atoms with Crippen LogP contribution in [0.15, 0.2) is 11.2 Å². The summed E-state index contributed by atoms with van der Waals surface area (Å²) in [5, 5.41) is -0.394. The van der Waals surface area contributed by atoms with E-state index in [2.05, 4.69) is 4.98 Å². The molecule has 0 aliphatic heterocycles. The van der Waals surface area contributed by atoms with E-state index in [-0.39, 0.29) is 6.54 Å². The Morgan fingerprint density at radius 2 is 2.05 bits per heavy atom. The fraction of sp³-hybridized carbons (Fsp3) is 0.700. The molecule has 0 radical (unpaired) electrons. The first-order valence-electron chi connectivity index (χ1n) is 5.92. The third kappa shape index (κ3) is 3.93. The molecule has 1 rings (SSSR count). The predicted molar refractivity (Wildman–Crippen MR) is 66.5 cm³/mol. The molecule has 6 nitrogen and oxygen atoms in total. The van der Waals surface area contributed by atoms with E-state index in [1.165, 1.54) is 6.20 Å². The van der Waals surface area contributed by atoms with Crippen molar-refractivity contribution in [2.24, 2.45) is 5.73 Å². The second-order valence-electron chi connectivity index (χ2n) is 4.15. The summed E-state index contributed by atoms with van der Waals surface area (Å²) in [6.45, 7) is 1.63. The van der Waals surface area contributed by atoms with Gasteiger partial charge >= 0.3 is 6.18 Å². The first-order valence-corrected chi connectivity index (χ1v) is 7.36. The minimum Gasteiger partial charge on any atom is -0.334 e. The van der Waals surface area contributed by atoms with Crippen LogP contribution in [0.3, 0.4) is 0 Å². The number of rotatable bonds is 6. The lowest BCUT2D eigenvalue weighted by Gasteiger charge is -2.21. The van der Waals surface area contributed by atoms with Crippen molar-refractivity contribution in [3.05, 3.63) is 12.0 Å². The number of imidazole rings is 1. The molecule has 0 aliphatic rings. The van der Waals surface area contributed by atoms with Crippen molar-refractivity contribution < 1.29 is 21.6 Å². The van der Waals surface area contributed by atoms with Crippen molar-refractivity contribution in [2.45, 2.75) is 31.6 Å². The van der Waals surface area contributed by atoms with Crippen LogP contribution in [-0.2, 0) is 16.6 Å². The van der Waals surface area contributed by atoms with Gasteiger partial charge in [-0.3, -0.25) is 0 Å². The third-order valence-electron chi connectivity index (χ3n) is 2.63. The maximum atomic E-state index is 12.5. The summed E-state index contributed by atoms with van der Waals surface area (Å²) in [6.07, 6.45) is -3.41. The smallest absolute Gasteiger partial charge is 0.334 e. The Morgan fingerprint density at radius 3 is 2.45 bits per heavy atom. The molecule has 1 aromatic heterocycles. The molecule has 116 valence electrons. The highest BCUT2D eigenvalue weighted by atomic mass is 32.2. The van der Waals surface area contributed by atoms with Crippen LogP contribution in [0.25, 0.3) is 0 Å². The Bertz CT molecular complexity index is 553. The van der Waals surface area contributed by atoms with Crippen LogP contribution in [0, 0.1) is 6.92 Å². The van der Waals surface area contributed by atoms with E-state index in [1.54, 1.807) is 18.4 Å². The molecule has 1 aromatic rings. The molecule has 0 saturated carbocycles. The van der Waals surface area contributed by atoms with E-state index in [1.807, 2.05) is 0 Å². The van der Waals surface area contributed by atoms with Crippen molar-refractivity contribution in [1.82, 2.24) is 13.9 Å². The minimum atomic E-state index is -4.63. The van der Waals surface area contributed by atoms with Gasteiger partial charge in [-0.2, -0.15) is 17.5 Å². The molecular weight excluding hydrogens is 297 g/mol. The zero-order valence-electron chi connectivity index (χ0n) is 11.2. The molecule has 0 unspecified atom stereocenters. The second-order valence-corrected chi connectivity index (χ2v) is 6.04. The Hall–Kier alpha value is -1.13. The van der Waals surface area contributed by atoms with E-state index < -0.39 is 34.3 Å². The Morgan fingerprint density at radius 1 is 1.45 bits per heavy atom. The van der Waals surface area contributed by atoms with Crippen LogP contribution in [0.2, 0.25) is 0 Å². The third-order valence-corrected chi connectivity index (χ3v) is 4.35. The number of nitrogens with two attached hydrogens (primary N) is 1. The average Bonchev–Trinajstić information content (AvgIpc) is 2.69. The summed E-state index contributed by atoms with van der Waals surface area (Å²) < 4.78 is 63.6. The lowest BCUT2D eigenvalue weighted by Crippen LogP contribution is -2.41. The first kappa shape index (κ1) is 16.9. The van der Waals surface area contributed by atoms with Crippen molar-refractivity contribution in [2.75, 3.05) is 19.6 Å². The van der Waals surface area contributed by atoms with Crippen LogP contribution in [0.1, 0.15) is 12.7 Å². The molecule has 10 heteroatoms. The fourth-order valence-corrected chi connectivity index (χ4v) is 3.12. The van der Waals surface area contributed by atoms with Crippen molar-refractivity contribution in [3.63, 3.8) is 0 Å². The van der Waals surface area contributed by atoms with Crippen LogP contribution >= 0.6 is 0 Å². The molecule has 0 fully saturated rings. The van der Waals surface area contributed by atoms with Gasteiger partial charge in [0.25, 0.3) is 10.0 Å². The molecule has 0 saturated heterocycles. The summed E-state index contributed by atoms with van der Waals surface area (Å²) in [5.41, 5.74) is 5.19.